The maximum absolute atomic E-state index is 12.9. The zero-order valence-electron chi connectivity index (χ0n) is 15.4. The van der Waals surface area contributed by atoms with Gasteiger partial charge in [-0.05, 0) is 51.3 Å². The van der Waals surface area contributed by atoms with E-state index in [0.29, 0.717) is 19.5 Å². The molecular weight excluding hydrogens is 356 g/mol. The molecule has 1 fully saturated rings. The number of hydrogen-bond donors (Lipinski definition) is 0. The number of nitrogens with zero attached hydrogens (tertiary/aromatic N) is 2. The van der Waals surface area contributed by atoms with Gasteiger partial charge in [-0.25, -0.2) is 8.42 Å². The van der Waals surface area contributed by atoms with Crippen molar-refractivity contribution in [2.45, 2.75) is 43.8 Å². The predicted molar refractivity (Wildman–Crippen MR) is 104 cm³/mol. The molecule has 0 aliphatic carbocycles. The van der Waals surface area contributed by atoms with Crippen LogP contribution >= 0.6 is 11.8 Å². The quantitative estimate of drug-likeness (QED) is 0.675. The Kier molecular flexibility index (Phi) is 6.93. The fourth-order valence-electron chi connectivity index (χ4n) is 3.20. The van der Waals surface area contributed by atoms with E-state index in [1.807, 2.05) is 32.1 Å². The van der Waals surface area contributed by atoms with Gasteiger partial charge in [0.1, 0.15) is 0 Å². The number of sulfone groups is 1. The largest absolute Gasteiger partial charge is 0.338 e. The van der Waals surface area contributed by atoms with Gasteiger partial charge in [-0.1, -0.05) is 12.1 Å². The Morgan fingerprint density at radius 1 is 1.32 bits per heavy atom. The highest BCUT2D eigenvalue weighted by Crippen LogP contribution is 2.20. The number of thioether (sulfide) groups is 1. The number of likely N-dealkylation sites (N-methyl/N-ethyl adjacent to an activating group) is 2. The van der Waals surface area contributed by atoms with Gasteiger partial charge in [-0.2, -0.15) is 0 Å². The zero-order chi connectivity index (χ0) is 18.6. The van der Waals surface area contributed by atoms with Crippen LogP contribution in [0.4, 0.5) is 0 Å². The van der Waals surface area contributed by atoms with Crippen LogP contribution in [0.3, 0.4) is 0 Å². The first kappa shape index (κ1) is 20.3. The minimum absolute atomic E-state index is 0.00725. The summed E-state index contributed by atoms with van der Waals surface area (Å²) in [5.41, 5.74) is 1.16. The average Bonchev–Trinajstić information content (AvgIpc) is 2.95. The van der Waals surface area contributed by atoms with E-state index in [-0.39, 0.29) is 29.5 Å². The van der Waals surface area contributed by atoms with Crippen molar-refractivity contribution in [2.24, 2.45) is 0 Å². The Hall–Kier alpha value is -1.05. The zero-order valence-corrected chi connectivity index (χ0v) is 17.1. The summed E-state index contributed by atoms with van der Waals surface area (Å²) in [6.45, 7) is 5.03. The lowest BCUT2D eigenvalue weighted by Crippen LogP contribution is -2.49. The number of hydrogen-bond acceptors (Lipinski definition) is 5. The molecule has 2 atom stereocenters. The van der Waals surface area contributed by atoms with E-state index < -0.39 is 9.84 Å². The summed E-state index contributed by atoms with van der Waals surface area (Å²) in [5.74, 6) is 0.292. The van der Waals surface area contributed by atoms with Gasteiger partial charge in [-0.3, -0.25) is 9.69 Å². The first-order valence-electron chi connectivity index (χ1n) is 8.61. The fourth-order valence-corrected chi connectivity index (χ4v) is 5.34. The molecule has 140 valence electrons. The Morgan fingerprint density at radius 3 is 2.44 bits per heavy atom. The molecule has 0 N–H and O–H groups in total. The van der Waals surface area contributed by atoms with Crippen LogP contribution in [-0.2, 0) is 21.2 Å². The van der Waals surface area contributed by atoms with Gasteiger partial charge in [0.15, 0.2) is 9.84 Å². The van der Waals surface area contributed by atoms with Crippen molar-refractivity contribution < 1.29 is 13.2 Å². The smallest absolute Gasteiger partial charge is 0.239 e. The monoisotopic (exact) mass is 384 g/mol. The number of amides is 1. The topological polar surface area (TPSA) is 57.7 Å². The second kappa shape index (κ2) is 8.56. The Bertz CT molecular complexity index is 689. The summed E-state index contributed by atoms with van der Waals surface area (Å²) in [6.07, 6.45) is 2.60. The van der Waals surface area contributed by atoms with Crippen molar-refractivity contribution in [3.8, 4) is 0 Å². The molecule has 2 rings (SSSR count). The van der Waals surface area contributed by atoms with Crippen LogP contribution in [0.5, 0.6) is 0 Å². The lowest BCUT2D eigenvalue weighted by molar-refractivity contribution is -0.137. The number of rotatable bonds is 7. The third-order valence-electron chi connectivity index (χ3n) is 4.88. The summed E-state index contributed by atoms with van der Waals surface area (Å²) in [4.78, 5) is 17.9. The lowest BCUT2D eigenvalue weighted by Gasteiger charge is -2.33. The third kappa shape index (κ3) is 5.21. The number of carbonyl (C=O) groups excluding carboxylic acids is 1. The van der Waals surface area contributed by atoms with Gasteiger partial charge in [0.2, 0.25) is 5.91 Å². The highest BCUT2D eigenvalue weighted by molar-refractivity contribution is 7.98. The second-order valence-corrected chi connectivity index (χ2v) is 9.73. The average molecular weight is 385 g/mol. The maximum atomic E-state index is 12.9. The third-order valence-corrected chi connectivity index (χ3v) is 7.38. The molecule has 25 heavy (non-hydrogen) atoms. The van der Waals surface area contributed by atoms with E-state index in [4.69, 9.17) is 0 Å². The first-order valence-corrected chi connectivity index (χ1v) is 11.7. The molecule has 0 aromatic heterocycles. The number of carbonyl (C=O) groups is 1. The molecule has 0 radical (unpaired) electrons. The van der Waals surface area contributed by atoms with E-state index >= 15 is 0 Å². The second-order valence-electron chi connectivity index (χ2n) is 6.62. The van der Waals surface area contributed by atoms with Crippen molar-refractivity contribution in [1.82, 2.24) is 9.80 Å². The van der Waals surface area contributed by atoms with Crippen molar-refractivity contribution in [3.05, 3.63) is 29.8 Å². The molecule has 1 aliphatic rings. The van der Waals surface area contributed by atoms with Crippen LogP contribution in [0.25, 0.3) is 0 Å². The molecule has 0 spiro atoms. The maximum Gasteiger partial charge on any atom is 0.239 e. The standard InChI is InChI=1S/C18H28N2O3S2/c1-5-20(16-10-11-25(22,23)13-16)18(21)14(2)19(3)12-15-6-8-17(24-4)9-7-15/h6-9,14,16H,5,10-13H2,1-4H3/t14-,16-/m1/s1. The SMILES string of the molecule is CCN(C(=O)[C@@H](C)N(C)Cc1ccc(SC)cc1)[C@@H]1CCS(=O)(=O)C1. The Morgan fingerprint density at radius 2 is 1.96 bits per heavy atom. The fraction of sp³-hybridized carbons (Fsp3) is 0.611. The highest BCUT2D eigenvalue weighted by atomic mass is 32.2. The van der Waals surface area contributed by atoms with E-state index in [0.717, 1.165) is 5.56 Å². The van der Waals surface area contributed by atoms with Crippen LogP contribution in [0, 0.1) is 0 Å². The van der Waals surface area contributed by atoms with Gasteiger partial charge in [0.05, 0.1) is 17.5 Å². The van der Waals surface area contributed by atoms with E-state index in [1.165, 1.54) is 4.90 Å². The molecule has 0 unspecified atom stereocenters. The van der Waals surface area contributed by atoms with Gasteiger partial charge in [0.25, 0.3) is 0 Å². The summed E-state index contributed by atoms with van der Waals surface area (Å²) < 4.78 is 23.5. The van der Waals surface area contributed by atoms with Gasteiger partial charge in [-0.15, -0.1) is 11.8 Å². The molecule has 7 heteroatoms. The van der Waals surface area contributed by atoms with Crippen molar-refractivity contribution in [2.75, 3.05) is 31.4 Å². The molecule has 0 bridgehead atoms. The minimum Gasteiger partial charge on any atom is -0.338 e. The molecular formula is C18H28N2O3S2. The molecule has 1 amide bonds. The Balaban J connectivity index is 2.01. The molecule has 1 saturated heterocycles. The molecule has 1 aromatic rings. The molecule has 1 aromatic carbocycles. The number of benzene rings is 1. The molecule has 5 nitrogen and oxygen atoms in total. The molecule has 1 aliphatic heterocycles. The van der Waals surface area contributed by atoms with Gasteiger partial charge >= 0.3 is 0 Å². The van der Waals surface area contributed by atoms with Crippen LogP contribution in [0.2, 0.25) is 0 Å². The highest BCUT2D eigenvalue weighted by Gasteiger charge is 2.35. The molecule has 0 saturated carbocycles. The van der Waals surface area contributed by atoms with Crippen molar-refractivity contribution >= 4 is 27.5 Å². The molecule has 1 heterocycles. The summed E-state index contributed by atoms with van der Waals surface area (Å²) in [5, 5.41) is 0. The summed E-state index contributed by atoms with van der Waals surface area (Å²) in [6, 6.07) is 7.87. The van der Waals surface area contributed by atoms with Gasteiger partial charge in [0, 0.05) is 24.0 Å². The van der Waals surface area contributed by atoms with E-state index in [9.17, 15) is 13.2 Å². The van der Waals surface area contributed by atoms with Gasteiger partial charge < -0.3 is 4.90 Å². The van der Waals surface area contributed by atoms with Crippen molar-refractivity contribution in [1.29, 1.82) is 0 Å². The first-order chi connectivity index (χ1) is 11.8. The predicted octanol–water partition coefficient (Wildman–Crippen LogP) is 2.26. The van der Waals surface area contributed by atoms with Crippen LogP contribution in [0.1, 0.15) is 25.8 Å². The lowest BCUT2D eigenvalue weighted by atomic mass is 10.1. The van der Waals surface area contributed by atoms with Crippen molar-refractivity contribution in [3.63, 3.8) is 0 Å². The summed E-state index contributed by atoms with van der Waals surface area (Å²) in [7, 11) is -1.06. The summed E-state index contributed by atoms with van der Waals surface area (Å²) >= 11 is 1.70. The van der Waals surface area contributed by atoms with E-state index in [1.54, 1.807) is 16.7 Å². The Labute approximate surface area is 155 Å². The van der Waals surface area contributed by atoms with E-state index in [2.05, 4.69) is 24.3 Å². The normalized spacial score (nSPS) is 20.6. The van der Waals surface area contributed by atoms with Crippen LogP contribution in [0.15, 0.2) is 29.2 Å². The van der Waals surface area contributed by atoms with Crippen LogP contribution in [-0.4, -0.2) is 67.6 Å². The minimum atomic E-state index is -2.99. The van der Waals surface area contributed by atoms with Crippen LogP contribution < -0.4 is 0 Å².